The van der Waals surface area contributed by atoms with Crippen LogP contribution in [-0.2, 0) is 10.8 Å². The first-order valence-corrected chi connectivity index (χ1v) is 23.9. The number of hydrogen-bond donors (Lipinski definition) is 0. The summed E-state index contributed by atoms with van der Waals surface area (Å²) in [4.78, 5) is 9.93. The van der Waals surface area contributed by atoms with Gasteiger partial charge in [0.25, 0.3) is 0 Å². The molecule has 1 aliphatic heterocycles. The van der Waals surface area contributed by atoms with Crippen molar-refractivity contribution in [1.29, 1.82) is 0 Å². The molecule has 8 aromatic rings. The highest BCUT2D eigenvalue weighted by molar-refractivity contribution is 6.09. The van der Waals surface area contributed by atoms with Crippen molar-refractivity contribution < 1.29 is 4.74 Å². The topological polar surface area (TPSA) is 33.5 Å². The maximum absolute atomic E-state index is 7.17. The Morgan fingerprint density at radius 1 is 0.545 bits per heavy atom. The summed E-state index contributed by atoms with van der Waals surface area (Å²) in [5, 5.41) is 2.35. The van der Waals surface area contributed by atoms with Crippen molar-refractivity contribution in [2.75, 3.05) is 16.5 Å². The van der Waals surface area contributed by atoms with Crippen LogP contribution in [-0.4, -0.2) is 16.2 Å². The Labute approximate surface area is 394 Å². The molecule has 2 aromatic heterocycles. The second-order valence-corrected chi connectivity index (χ2v) is 22.0. The van der Waals surface area contributed by atoms with Crippen LogP contribution >= 0.6 is 0 Å². The molecular formula is C61H68N4O. The van der Waals surface area contributed by atoms with Gasteiger partial charge in [0.05, 0.1) is 22.4 Å². The predicted molar refractivity (Wildman–Crippen MR) is 281 cm³/mol. The van der Waals surface area contributed by atoms with Crippen LogP contribution in [0.3, 0.4) is 0 Å². The van der Waals surface area contributed by atoms with Crippen LogP contribution in [0.4, 0.5) is 22.7 Å². The van der Waals surface area contributed by atoms with E-state index in [1.54, 1.807) is 0 Å². The van der Waals surface area contributed by atoms with E-state index in [0.29, 0.717) is 18.5 Å². The van der Waals surface area contributed by atoms with Gasteiger partial charge in [0.2, 0.25) is 0 Å². The van der Waals surface area contributed by atoms with Gasteiger partial charge in [-0.1, -0.05) is 132 Å². The summed E-state index contributed by atoms with van der Waals surface area (Å²) in [6.07, 6.45) is 1.94. The van der Waals surface area contributed by atoms with Gasteiger partial charge >= 0.3 is 0 Å². The highest BCUT2D eigenvalue weighted by Gasteiger charge is 2.36. The Bertz CT molecular complexity index is 3110. The number of hydrogen-bond acceptors (Lipinski definition) is 4. The highest BCUT2D eigenvalue weighted by atomic mass is 16.5. The fraction of sp³-hybridized carbons (Fsp3) is 0.328. The maximum atomic E-state index is 7.17. The van der Waals surface area contributed by atoms with E-state index in [1.807, 2.05) is 6.20 Å². The third-order valence-electron chi connectivity index (χ3n) is 14.8. The minimum atomic E-state index is -0.0305. The number of para-hydroxylation sites is 1. The summed E-state index contributed by atoms with van der Waals surface area (Å²) in [5.41, 5.74) is 17.2. The van der Waals surface area contributed by atoms with E-state index in [4.69, 9.17) is 9.72 Å². The summed E-state index contributed by atoms with van der Waals surface area (Å²) in [6.45, 7) is 32.9. The Balaban J connectivity index is 1.22. The standard InChI is InChI=1S/C61H68N4O/c1-38(2)49-22-18-23-50(39(3)4)58(49)42-31-46(64-37-63(55-29-40(5)41(6)30-56(55)64)45-20-17-19-44(33-45)61(13,14)60(10,11)12)35-48(32-42)66-47-25-26-52-51-21-15-16-24-53(51)65(54(52)36-47)57-34-43(27-28-62-57)59(7,8)9/h15-36,38-39H,37H2,1-14H3. The average Bonchev–Trinajstić information content (AvgIpc) is 3.80. The van der Waals surface area contributed by atoms with Gasteiger partial charge in [-0.25, -0.2) is 4.98 Å². The molecule has 0 amide bonds. The lowest BCUT2D eigenvalue weighted by atomic mass is 9.65. The molecule has 0 aliphatic carbocycles. The second-order valence-electron chi connectivity index (χ2n) is 22.0. The first-order valence-electron chi connectivity index (χ1n) is 23.9. The van der Waals surface area contributed by atoms with Gasteiger partial charge in [-0.05, 0) is 153 Å². The molecule has 5 nitrogen and oxygen atoms in total. The average molecular weight is 873 g/mol. The van der Waals surface area contributed by atoms with E-state index in [2.05, 4.69) is 239 Å². The monoisotopic (exact) mass is 873 g/mol. The molecule has 338 valence electrons. The van der Waals surface area contributed by atoms with Gasteiger partial charge in [0.15, 0.2) is 0 Å². The molecule has 0 radical (unpaired) electrons. The summed E-state index contributed by atoms with van der Waals surface area (Å²) < 4.78 is 9.46. The van der Waals surface area contributed by atoms with Crippen LogP contribution in [0.5, 0.6) is 11.5 Å². The molecule has 6 aromatic carbocycles. The first-order chi connectivity index (χ1) is 31.2. The molecule has 0 fully saturated rings. The minimum Gasteiger partial charge on any atom is -0.457 e. The molecule has 0 bridgehead atoms. The minimum absolute atomic E-state index is 0.0192. The Morgan fingerprint density at radius 2 is 1.18 bits per heavy atom. The van der Waals surface area contributed by atoms with Crippen molar-refractivity contribution in [3.63, 3.8) is 0 Å². The maximum Gasteiger partial charge on any atom is 0.137 e. The summed E-state index contributed by atoms with van der Waals surface area (Å²) in [5.74, 6) is 3.13. The number of aromatic nitrogens is 2. The van der Waals surface area contributed by atoms with E-state index in [0.717, 1.165) is 45.0 Å². The molecule has 0 saturated carbocycles. The Kier molecular flexibility index (Phi) is 11.2. The third-order valence-corrected chi connectivity index (χ3v) is 14.8. The SMILES string of the molecule is Cc1cc2c(cc1C)N(c1cccc(C(C)(C)C(C)(C)C)c1)CN2c1cc(Oc2ccc3c4ccccc4n(-c4cc(C(C)(C)C)ccn4)c3c2)cc(-c2c(C(C)C)cccc2C(C)C)c1. The van der Waals surface area contributed by atoms with Crippen molar-refractivity contribution in [1.82, 2.24) is 9.55 Å². The van der Waals surface area contributed by atoms with Gasteiger partial charge in [-0.15, -0.1) is 0 Å². The molecule has 3 heterocycles. The van der Waals surface area contributed by atoms with E-state index >= 15 is 0 Å². The first kappa shape index (κ1) is 44.9. The zero-order valence-corrected chi connectivity index (χ0v) is 41.8. The molecule has 5 heteroatoms. The molecule has 0 atom stereocenters. The number of ether oxygens (including phenoxy) is 1. The zero-order chi connectivity index (χ0) is 47.0. The smallest absolute Gasteiger partial charge is 0.137 e. The van der Waals surface area contributed by atoms with Crippen LogP contribution in [0, 0.1) is 19.3 Å². The lowest BCUT2D eigenvalue weighted by Crippen LogP contribution is -2.34. The van der Waals surface area contributed by atoms with Crippen LogP contribution in [0.2, 0.25) is 0 Å². The lowest BCUT2D eigenvalue weighted by Gasteiger charge is -2.40. The molecule has 9 rings (SSSR count). The van der Waals surface area contributed by atoms with Crippen molar-refractivity contribution >= 4 is 44.6 Å². The summed E-state index contributed by atoms with van der Waals surface area (Å²) in [7, 11) is 0. The number of rotatable bonds is 9. The third kappa shape index (κ3) is 7.95. The van der Waals surface area contributed by atoms with Gasteiger partial charge in [-0.2, -0.15) is 0 Å². The Morgan fingerprint density at radius 3 is 1.83 bits per heavy atom. The quantitative estimate of drug-likeness (QED) is 0.145. The normalized spacial score (nSPS) is 13.5. The number of pyridine rings is 1. The van der Waals surface area contributed by atoms with Crippen LogP contribution < -0.4 is 14.5 Å². The number of nitrogens with zero attached hydrogens (tertiary/aromatic N) is 4. The van der Waals surface area contributed by atoms with Crippen molar-refractivity contribution in [3.05, 3.63) is 167 Å². The Hall–Kier alpha value is -6.33. The molecule has 0 saturated heterocycles. The molecule has 66 heavy (non-hydrogen) atoms. The number of benzene rings is 6. The van der Waals surface area contributed by atoms with E-state index < -0.39 is 0 Å². The summed E-state index contributed by atoms with van der Waals surface area (Å²) >= 11 is 0. The van der Waals surface area contributed by atoms with Gasteiger partial charge in [0.1, 0.15) is 24.0 Å². The fourth-order valence-electron chi connectivity index (χ4n) is 9.68. The summed E-state index contributed by atoms with van der Waals surface area (Å²) in [6, 6.07) is 47.2. The molecule has 1 aliphatic rings. The molecule has 0 spiro atoms. The van der Waals surface area contributed by atoms with Gasteiger partial charge < -0.3 is 14.5 Å². The number of aryl methyl sites for hydroxylation is 2. The molecule has 0 N–H and O–H groups in total. The van der Waals surface area contributed by atoms with Crippen LogP contribution in [0.15, 0.2) is 134 Å². The van der Waals surface area contributed by atoms with Crippen molar-refractivity contribution in [2.24, 2.45) is 5.41 Å². The van der Waals surface area contributed by atoms with Crippen LogP contribution in [0.1, 0.15) is 128 Å². The fourth-order valence-corrected chi connectivity index (χ4v) is 9.68. The number of fused-ring (bicyclic) bond motifs is 4. The van der Waals surface area contributed by atoms with Crippen molar-refractivity contribution in [2.45, 2.75) is 120 Å². The second kappa shape index (κ2) is 16.5. The van der Waals surface area contributed by atoms with E-state index in [-0.39, 0.29) is 16.2 Å². The highest BCUT2D eigenvalue weighted by Crippen LogP contribution is 2.50. The van der Waals surface area contributed by atoms with Crippen LogP contribution in [0.25, 0.3) is 38.8 Å². The zero-order valence-electron chi connectivity index (χ0n) is 41.8. The predicted octanol–water partition coefficient (Wildman–Crippen LogP) is 17.4. The number of anilines is 4. The lowest BCUT2D eigenvalue weighted by molar-refractivity contribution is 0.225. The van der Waals surface area contributed by atoms with Crippen molar-refractivity contribution in [3.8, 4) is 28.4 Å². The van der Waals surface area contributed by atoms with Gasteiger partial charge in [-0.3, -0.25) is 4.57 Å². The molecular weight excluding hydrogens is 805 g/mol. The molecule has 0 unspecified atom stereocenters. The van der Waals surface area contributed by atoms with E-state index in [1.165, 1.54) is 61.4 Å². The van der Waals surface area contributed by atoms with E-state index in [9.17, 15) is 0 Å². The van der Waals surface area contributed by atoms with Gasteiger partial charge in [0, 0.05) is 40.5 Å². The largest absolute Gasteiger partial charge is 0.457 e.